The molecule has 0 aliphatic carbocycles. The topological polar surface area (TPSA) is 41.6 Å². The smallest absolute Gasteiger partial charge is 0.265 e. The summed E-state index contributed by atoms with van der Waals surface area (Å²) in [7, 11) is 0. The summed E-state index contributed by atoms with van der Waals surface area (Å²) in [5, 5.41) is 5.26. The number of nitrogens with one attached hydrogen (secondary N) is 1. The zero-order chi connectivity index (χ0) is 20.1. The third kappa shape index (κ3) is 5.38. The van der Waals surface area contributed by atoms with Gasteiger partial charge in [-0.15, -0.1) is 11.3 Å². The molecule has 2 aromatic carbocycles. The molecule has 150 valence electrons. The Hall–Kier alpha value is -2.34. The number of carbonyl (C=O) groups is 1. The maximum Gasteiger partial charge on any atom is 0.265 e. The van der Waals surface area contributed by atoms with Crippen LogP contribution in [0.3, 0.4) is 0 Å². The van der Waals surface area contributed by atoms with Gasteiger partial charge in [0.1, 0.15) is 11.9 Å². The van der Waals surface area contributed by atoms with Crippen molar-refractivity contribution in [3.63, 3.8) is 0 Å². The van der Waals surface area contributed by atoms with Gasteiger partial charge in [-0.2, -0.15) is 0 Å². The maximum absolute atomic E-state index is 12.2. The summed E-state index contributed by atoms with van der Waals surface area (Å²) in [6, 6.07) is 19.6. The van der Waals surface area contributed by atoms with E-state index in [9.17, 15) is 4.79 Å². The standard InChI is InChI=1S/C23H23ClN2O2S/c24-20-15-18(25-23(27)22-7-4-14-29-22)8-9-21(20)28-19-10-12-26(13-11-19)16-17-5-2-1-3-6-17/h1-9,14-15,19H,10-13,16H2,(H,25,27). The van der Waals surface area contributed by atoms with Crippen LogP contribution in [0, 0.1) is 0 Å². The SMILES string of the molecule is O=C(Nc1ccc(OC2CCN(Cc3ccccc3)CC2)c(Cl)c1)c1cccs1. The molecule has 0 atom stereocenters. The largest absolute Gasteiger partial charge is 0.489 e. The summed E-state index contributed by atoms with van der Waals surface area (Å²) >= 11 is 7.82. The monoisotopic (exact) mass is 426 g/mol. The van der Waals surface area contributed by atoms with Crippen LogP contribution in [0.5, 0.6) is 5.75 Å². The molecule has 6 heteroatoms. The fourth-order valence-corrected chi connectivity index (χ4v) is 4.33. The van der Waals surface area contributed by atoms with E-state index in [0.29, 0.717) is 21.3 Å². The van der Waals surface area contributed by atoms with Gasteiger partial charge in [-0.25, -0.2) is 0 Å². The second-order valence-corrected chi connectivity index (χ2v) is 8.51. The van der Waals surface area contributed by atoms with Crippen molar-refractivity contribution in [2.75, 3.05) is 18.4 Å². The van der Waals surface area contributed by atoms with Crippen LogP contribution in [0.2, 0.25) is 5.02 Å². The zero-order valence-electron chi connectivity index (χ0n) is 16.0. The van der Waals surface area contributed by atoms with Gasteiger partial charge in [0.2, 0.25) is 0 Å². The van der Waals surface area contributed by atoms with Crippen molar-refractivity contribution in [2.45, 2.75) is 25.5 Å². The molecule has 3 aromatic rings. The van der Waals surface area contributed by atoms with E-state index >= 15 is 0 Å². The Morgan fingerprint density at radius 3 is 2.59 bits per heavy atom. The highest BCUT2D eigenvalue weighted by atomic mass is 35.5. The Morgan fingerprint density at radius 2 is 1.90 bits per heavy atom. The molecule has 1 amide bonds. The molecule has 29 heavy (non-hydrogen) atoms. The molecule has 0 unspecified atom stereocenters. The highest BCUT2D eigenvalue weighted by Crippen LogP contribution is 2.30. The molecule has 0 bridgehead atoms. The lowest BCUT2D eigenvalue weighted by atomic mass is 10.1. The van der Waals surface area contributed by atoms with E-state index in [1.165, 1.54) is 16.9 Å². The minimum Gasteiger partial charge on any atom is -0.489 e. The number of rotatable bonds is 6. The first-order chi connectivity index (χ1) is 14.2. The predicted molar refractivity (Wildman–Crippen MR) is 119 cm³/mol. The lowest BCUT2D eigenvalue weighted by Gasteiger charge is -2.32. The lowest BCUT2D eigenvalue weighted by Crippen LogP contribution is -2.37. The molecule has 0 saturated carbocycles. The number of hydrogen-bond acceptors (Lipinski definition) is 4. The Bertz CT molecular complexity index is 939. The van der Waals surface area contributed by atoms with Crippen molar-refractivity contribution in [3.8, 4) is 5.75 Å². The highest BCUT2D eigenvalue weighted by molar-refractivity contribution is 7.12. The predicted octanol–water partition coefficient (Wildman–Crippen LogP) is 5.70. The third-order valence-corrected chi connectivity index (χ3v) is 6.18. The van der Waals surface area contributed by atoms with Gasteiger partial charge >= 0.3 is 0 Å². The molecule has 4 rings (SSSR count). The van der Waals surface area contributed by atoms with Crippen molar-refractivity contribution >= 4 is 34.5 Å². The van der Waals surface area contributed by atoms with Crippen LogP contribution in [0.15, 0.2) is 66.0 Å². The lowest BCUT2D eigenvalue weighted by molar-refractivity contribution is 0.0968. The first-order valence-electron chi connectivity index (χ1n) is 9.75. The van der Waals surface area contributed by atoms with Crippen LogP contribution in [-0.4, -0.2) is 30.0 Å². The number of ether oxygens (including phenoxy) is 1. The molecule has 1 aliphatic heterocycles. The number of hydrogen-bond donors (Lipinski definition) is 1. The number of benzene rings is 2. The van der Waals surface area contributed by atoms with Crippen LogP contribution in [-0.2, 0) is 6.54 Å². The van der Waals surface area contributed by atoms with E-state index in [1.807, 2.05) is 29.6 Å². The summed E-state index contributed by atoms with van der Waals surface area (Å²) in [4.78, 5) is 15.3. The first-order valence-corrected chi connectivity index (χ1v) is 11.0. The van der Waals surface area contributed by atoms with Crippen LogP contribution < -0.4 is 10.1 Å². The van der Waals surface area contributed by atoms with Crippen molar-refractivity contribution in [1.29, 1.82) is 0 Å². The number of carbonyl (C=O) groups excluding carboxylic acids is 1. The Balaban J connectivity index is 1.29. The minimum atomic E-state index is -0.129. The average Bonchev–Trinajstić information content (AvgIpc) is 3.27. The second-order valence-electron chi connectivity index (χ2n) is 7.16. The van der Waals surface area contributed by atoms with Crippen molar-refractivity contribution in [3.05, 3.63) is 81.5 Å². The average molecular weight is 427 g/mol. The third-order valence-electron chi connectivity index (χ3n) is 5.01. The summed E-state index contributed by atoms with van der Waals surface area (Å²) < 4.78 is 6.15. The Kier molecular flexibility index (Phi) is 6.49. The van der Waals surface area contributed by atoms with Gasteiger partial charge in [0, 0.05) is 25.3 Å². The molecule has 1 aromatic heterocycles. The Labute approximate surface area is 180 Å². The summed E-state index contributed by atoms with van der Waals surface area (Å²) in [5.74, 6) is 0.540. The first kappa shape index (κ1) is 20.0. The number of piperidine rings is 1. The summed E-state index contributed by atoms with van der Waals surface area (Å²) in [5.41, 5.74) is 2.01. The van der Waals surface area contributed by atoms with Gasteiger partial charge in [-0.05, 0) is 48.1 Å². The Morgan fingerprint density at radius 1 is 1.10 bits per heavy atom. The van der Waals surface area contributed by atoms with Gasteiger partial charge in [0.25, 0.3) is 5.91 Å². The van der Waals surface area contributed by atoms with E-state index in [-0.39, 0.29) is 12.0 Å². The van der Waals surface area contributed by atoms with E-state index < -0.39 is 0 Å². The molecular formula is C23H23ClN2O2S. The summed E-state index contributed by atoms with van der Waals surface area (Å²) in [6.07, 6.45) is 2.10. The molecule has 1 aliphatic rings. The van der Waals surface area contributed by atoms with Gasteiger partial charge < -0.3 is 10.1 Å². The molecule has 0 radical (unpaired) electrons. The molecule has 2 heterocycles. The fourth-order valence-electron chi connectivity index (χ4n) is 3.48. The second kappa shape index (κ2) is 9.44. The molecular weight excluding hydrogens is 404 g/mol. The number of thiophene rings is 1. The van der Waals surface area contributed by atoms with Gasteiger partial charge in [0.15, 0.2) is 0 Å². The van der Waals surface area contributed by atoms with E-state index in [1.54, 1.807) is 12.1 Å². The van der Waals surface area contributed by atoms with Crippen molar-refractivity contribution in [1.82, 2.24) is 4.90 Å². The summed E-state index contributed by atoms with van der Waals surface area (Å²) in [6.45, 7) is 2.99. The van der Waals surface area contributed by atoms with E-state index in [0.717, 1.165) is 32.5 Å². The maximum atomic E-state index is 12.2. The van der Waals surface area contributed by atoms with Gasteiger partial charge in [-0.3, -0.25) is 9.69 Å². The molecule has 0 spiro atoms. The van der Waals surface area contributed by atoms with E-state index in [4.69, 9.17) is 16.3 Å². The quantitative estimate of drug-likeness (QED) is 0.549. The number of amides is 1. The van der Waals surface area contributed by atoms with Crippen molar-refractivity contribution < 1.29 is 9.53 Å². The number of anilines is 1. The van der Waals surface area contributed by atoms with Crippen LogP contribution in [0.4, 0.5) is 5.69 Å². The van der Waals surface area contributed by atoms with Gasteiger partial charge in [-0.1, -0.05) is 48.0 Å². The number of halogens is 1. The van der Waals surface area contributed by atoms with Crippen LogP contribution >= 0.6 is 22.9 Å². The van der Waals surface area contributed by atoms with Gasteiger partial charge in [0.05, 0.1) is 9.90 Å². The highest BCUT2D eigenvalue weighted by Gasteiger charge is 2.21. The number of nitrogens with zero attached hydrogens (tertiary/aromatic N) is 1. The fraction of sp³-hybridized carbons (Fsp3) is 0.261. The van der Waals surface area contributed by atoms with Crippen LogP contribution in [0.1, 0.15) is 28.1 Å². The van der Waals surface area contributed by atoms with Crippen LogP contribution in [0.25, 0.3) is 0 Å². The molecule has 1 fully saturated rings. The van der Waals surface area contributed by atoms with Crippen molar-refractivity contribution in [2.24, 2.45) is 0 Å². The molecule has 1 N–H and O–H groups in total. The number of likely N-dealkylation sites (tertiary alicyclic amines) is 1. The van der Waals surface area contributed by atoms with E-state index in [2.05, 4.69) is 34.5 Å². The normalized spacial score (nSPS) is 15.2. The minimum absolute atomic E-state index is 0.129. The zero-order valence-corrected chi connectivity index (χ0v) is 17.6. The molecule has 4 nitrogen and oxygen atoms in total. The molecule has 1 saturated heterocycles.